The van der Waals surface area contributed by atoms with Crippen LogP contribution >= 0.6 is 0 Å². The number of benzene rings is 1. The van der Waals surface area contributed by atoms with Gasteiger partial charge in [-0.15, -0.1) is 0 Å². The van der Waals surface area contributed by atoms with Crippen molar-refractivity contribution in [1.82, 2.24) is 5.06 Å². The normalized spacial score (nSPS) is 12.7. The molecular weight excluding hydrogens is 308 g/mol. The summed E-state index contributed by atoms with van der Waals surface area (Å²) in [5, 5.41) is 9.42. The fourth-order valence-corrected chi connectivity index (χ4v) is 2.11. The number of hydrogen-bond donors (Lipinski definition) is 1. The maximum atomic E-state index is 13.9. The minimum absolute atomic E-state index is 0.00165. The fraction of sp³-hybridized carbons (Fsp3) is 0.562. The number of carbonyl (C=O) groups is 1. The van der Waals surface area contributed by atoms with Gasteiger partial charge in [-0.3, -0.25) is 4.84 Å². The third kappa shape index (κ3) is 5.76. The number of carbonyl (C=O) groups excluding carboxylic acids is 1. The summed E-state index contributed by atoms with van der Waals surface area (Å²) in [5.41, 5.74) is 0.732. The molecule has 0 spiro atoms. The van der Waals surface area contributed by atoms with Crippen LogP contribution in [-0.2, 0) is 16.2 Å². The molecule has 0 saturated heterocycles. The van der Waals surface area contributed by atoms with Gasteiger partial charge < -0.3 is 9.84 Å². The molecule has 1 aromatic carbocycles. The Hall–Kier alpha value is -1.73. The number of hydroxylamine groups is 2. The van der Waals surface area contributed by atoms with E-state index in [0.29, 0.717) is 17.9 Å². The average molecular weight is 331 g/mol. The zero-order valence-electron chi connectivity index (χ0n) is 13.4. The summed E-state index contributed by atoms with van der Waals surface area (Å²) in [7, 11) is 1.12. The van der Waals surface area contributed by atoms with E-state index in [1.54, 1.807) is 24.3 Å². The van der Waals surface area contributed by atoms with Crippen LogP contribution in [0.15, 0.2) is 30.3 Å². The monoisotopic (exact) mass is 331 g/mol. The summed E-state index contributed by atoms with van der Waals surface area (Å²) in [6.45, 7) is 0.428. The second-order valence-corrected chi connectivity index (χ2v) is 5.13. The quantitative estimate of drug-likeness (QED) is 0.705. The number of aliphatic hydroxyl groups excluding tert-OH is 1. The van der Waals surface area contributed by atoms with E-state index >= 15 is 0 Å². The van der Waals surface area contributed by atoms with Crippen molar-refractivity contribution in [3.05, 3.63) is 35.9 Å². The van der Waals surface area contributed by atoms with E-state index in [9.17, 15) is 13.6 Å². The molecule has 0 aliphatic heterocycles. The number of halogens is 2. The predicted molar refractivity (Wildman–Crippen MR) is 80.8 cm³/mol. The molecule has 0 aliphatic carbocycles. The van der Waals surface area contributed by atoms with Gasteiger partial charge in [-0.25, -0.2) is 13.6 Å². The van der Waals surface area contributed by atoms with Crippen molar-refractivity contribution in [2.45, 2.75) is 44.8 Å². The van der Waals surface area contributed by atoms with Crippen molar-refractivity contribution in [3.63, 3.8) is 0 Å². The van der Waals surface area contributed by atoms with E-state index < -0.39 is 24.7 Å². The van der Waals surface area contributed by atoms with Gasteiger partial charge in [0.15, 0.2) is 0 Å². The number of nitrogens with zero attached hydrogens (tertiary/aromatic N) is 1. The van der Waals surface area contributed by atoms with Crippen LogP contribution in [0, 0.1) is 0 Å². The summed E-state index contributed by atoms with van der Waals surface area (Å²) >= 11 is 0. The van der Waals surface area contributed by atoms with Crippen LogP contribution in [0.1, 0.15) is 31.7 Å². The van der Waals surface area contributed by atoms with Crippen molar-refractivity contribution in [2.24, 2.45) is 0 Å². The Bertz CT molecular complexity index is 470. The van der Waals surface area contributed by atoms with E-state index in [2.05, 4.69) is 0 Å². The number of alkyl halides is 2. The Kier molecular flexibility index (Phi) is 7.91. The maximum absolute atomic E-state index is 13.9. The van der Waals surface area contributed by atoms with Gasteiger partial charge in [0, 0.05) is 0 Å². The second kappa shape index (κ2) is 9.42. The van der Waals surface area contributed by atoms with Gasteiger partial charge in [-0.05, 0) is 12.0 Å². The summed E-state index contributed by atoms with van der Waals surface area (Å²) in [5.74, 6) is -3.48. The molecule has 0 aliphatic rings. The lowest BCUT2D eigenvalue weighted by molar-refractivity contribution is -0.211. The van der Waals surface area contributed by atoms with Gasteiger partial charge in [0.2, 0.25) is 0 Å². The van der Waals surface area contributed by atoms with Crippen LogP contribution in [0.5, 0.6) is 0 Å². The van der Waals surface area contributed by atoms with E-state index in [-0.39, 0.29) is 13.0 Å². The molecule has 0 radical (unpaired) electrons. The average Bonchev–Trinajstić information content (AvgIpc) is 2.57. The van der Waals surface area contributed by atoms with Crippen LogP contribution in [0.25, 0.3) is 0 Å². The first kappa shape index (κ1) is 19.3. The highest BCUT2D eigenvalue weighted by Crippen LogP contribution is 2.28. The number of unbranched alkanes of at least 4 members (excludes halogenated alkanes) is 1. The first-order chi connectivity index (χ1) is 11.0. The van der Waals surface area contributed by atoms with Crippen LogP contribution in [0.4, 0.5) is 13.6 Å². The second-order valence-electron chi connectivity index (χ2n) is 5.13. The first-order valence-corrected chi connectivity index (χ1v) is 7.49. The molecule has 1 atom stereocenters. The lowest BCUT2D eigenvalue weighted by Crippen LogP contribution is -2.51. The lowest BCUT2D eigenvalue weighted by atomic mass is 10.0. The standard InChI is InChI=1S/C16H23F2NO4/c1-3-4-10-14(16(17,18)12-20)19(22-2)15(21)23-11-13-8-6-5-7-9-13/h5-9,14,20H,3-4,10-12H2,1-2H3/t14-/m1/s1. The molecule has 0 unspecified atom stereocenters. The van der Waals surface area contributed by atoms with Crippen LogP contribution < -0.4 is 0 Å². The number of hydrogen-bond acceptors (Lipinski definition) is 4. The summed E-state index contributed by atoms with van der Waals surface area (Å²) in [6.07, 6.45) is 0.129. The molecular formula is C16H23F2NO4. The maximum Gasteiger partial charge on any atom is 0.434 e. The third-order valence-corrected chi connectivity index (χ3v) is 3.39. The largest absolute Gasteiger partial charge is 0.443 e. The van der Waals surface area contributed by atoms with Crippen LogP contribution in [0.2, 0.25) is 0 Å². The topological polar surface area (TPSA) is 59.0 Å². The predicted octanol–water partition coefficient (Wildman–Crippen LogP) is 3.37. The smallest absolute Gasteiger partial charge is 0.434 e. The van der Waals surface area contributed by atoms with E-state index in [0.717, 1.165) is 12.7 Å². The molecule has 1 N–H and O–H groups in total. The van der Waals surface area contributed by atoms with E-state index in [1.165, 1.54) is 0 Å². The molecule has 1 aromatic rings. The number of rotatable bonds is 9. The van der Waals surface area contributed by atoms with Crippen molar-refractivity contribution in [1.29, 1.82) is 0 Å². The highest BCUT2D eigenvalue weighted by molar-refractivity contribution is 5.67. The molecule has 0 bridgehead atoms. The Labute approximate surface area is 134 Å². The Morgan fingerprint density at radius 1 is 1.35 bits per heavy atom. The Morgan fingerprint density at radius 2 is 2.00 bits per heavy atom. The molecule has 5 nitrogen and oxygen atoms in total. The van der Waals surface area contributed by atoms with Gasteiger partial charge in [-0.1, -0.05) is 50.1 Å². The van der Waals surface area contributed by atoms with Crippen LogP contribution in [0.3, 0.4) is 0 Å². The van der Waals surface area contributed by atoms with E-state index in [1.807, 2.05) is 13.0 Å². The zero-order valence-corrected chi connectivity index (χ0v) is 13.4. The number of aliphatic hydroxyl groups is 1. The summed E-state index contributed by atoms with van der Waals surface area (Å²) in [6, 6.07) is 7.29. The SMILES string of the molecule is CCCC[C@@H](N(OC)C(=O)OCc1ccccc1)C(F)(F)CO. The van der Waals surface area contributed by atoms with Gasteiger partial charge in [0.25, 0.3) is 5.92 Å². The van der Waals surface area contributed by atoms with Gasteiger partial charge in [-0.2, -0.15) is 5.06 Å². The minimum Gasteiger partial charge on any atom is -0.443 e. The number of ether oxygens (including phenoxy) is 1. The van der Waals surface area contributed by atoms with Crippen LogP contribution in [-0.4, -0.2) is 41.9 Å². The van der Waals surface area contributed by atoms with Gasteiger partial charge >= 0.3 is 6.09 Å². The van der Waals surface area contributed by atoms with Crippen molar-refractivity contribution >= 4 is 6.09 Å². The van der Waals surface area contributed by atoms with Crippen molar-refractivity contribution in [3.8, 4) is 0 Å². The van der Waals surface area contributed by atoms with Crippen molar-refractivity contribution in [2.75, 3.05) is 13.7 Å². The molecule has 0 fully saturated rings. The summed E-state index contributed by atoms with van der Waals surface area (Å²) in [4.78, 5) is 16.9. The molecule has 0 aromatic heterocycles. The Morgan fingerprint density at radius 3 is 2.52 bits per heavy atom. The molecule has 1 rings (SSSR count). The first-order valence-electron chi connectivity index (χ1n) is 7.49. The molecule has 0 heterocycles. The molecule has 7 heteroatoms. The lowest BCUT2D eigenvalue weighted by Gasteiger charge is -2.33. The van der Waals surface area contributed by atoms with Gasteiger partial charge in [0.1, 0.15) is 19.3 Å². The molecule has 1 amide bonds. The number of amides is 1. The van der Waals surface area contributed by atoms with Crippen molar-refractivity contribution < 1.29 is 28.3 Å². The third-order valence-electron chi connectivity index (χ3n) is 3.39. The molecule has 130 valence electrons. The fourth-order valence-electron chi connectivity index (χ4n) is 2.11. The van der Waals surface area contributed by atoms with E-state index in [4.69, 9.17) is 14.7 Å². The highest BCUT2D eigenvalue weighted by Gasteiger charge is 2.45. The molecule has 23 heavy (non-hydrogen) atoms. The highest BCUT2D eigenvalue weighted by atomic mass is 19.3. The summed E-state index contributed by atoms with van der Waals surface area (Å²) < 4.78 is 32.9. The minimum atomic E-state index is -3.48. The molecule has 0 saturated carbocycles. The zero-order chi connectivity index (χ0) is 17.3. The Balaban J connectivity index is 2.77. The van der Waals surface area contributed by atoms with Gasteiger partial charge in [0.05, 0.1) is 7.11 Å².